The SMILES string of the molecule is CC1(C)c2ccccc2/C(=C\c2ccccc2)c2cc3oc4cc(C=C5C(=O)c6cc7ccccc7cc6C5=O)ccc4c3cc21. The Hall–Kier alpha value is -5.80. The Morgan fingerprint density at radius 3 is 1.87 bits per heavy atom. The standard InChI is InChI=1S/C43H28O3/c1-43(2)37-15-9-8-14-29(37)31(18-25-10-4-3-5-11-25)32-24-40-33(23-38(32)43)30-17-16-26(20-39(30)46-40)19-36-41(44)34-21-27-12-6-7-13-28(27)22-35(34)42(36)45/h3-24H,1-2H3/b31-18+. The molecule has 0 spiro atoms. The second-order valence-corrected chi connectivity index (χ2v) is 12.9. The maximum absolute atomic E-state index is 13.4. The second kappa shape index (κ2) is 9.60. The predicted octanol–water partition coefficient (Wildman–Crippen LogP) is 10.4. The van der Waals surface area contributed by atoms with Gasteiger partial charge in [-0.3, -0.25) is 9.59 Å². The highest BCUT2D eigenvalue weighted by molar-refractivity contribution is 6.42. The van der Waals surface area contributed by atoms with Gasteiger partial charge in [-0.2, -0.15) is 0 Å². The van der Waals surface area contributed by atoms with E-state index in [2.05, 4.69) is 80.6 Å². The molecule has 3 heteroatoms. The Morgan fingerprint density at radius 1 is 0.500 bits per heavy atom. The van der Waals surface area contributed by atoms with Crippen LogP contribution in [0.5, 0.6) is 0 Å². The molecule has 0 saturated heterocycles. The van der Waals surface area contributed by atoms with Crippen LogP contribution in [0.15, 0.2) is 131 Å². The van der Waals surface area contributed by atoms with E-state index >= 15 is 0 Å². The molecule has 0 radical (unpaired) electrons. The summed E-state index contributed by atoms with van der Waals surface area (Å²) in [6.07, 6.45) is 3.97. The third-order valence-corrected chi connectivity index (χ3v) is 9.78. The van der Waals surface area contributed by atoms with E-state index in [-0.39, 0.29) is 22.6 Å². The van der Waals surface area contributed by atoms with Crippen LogP contribution >= 0.6 is 0 Å². The summed E-state index contributed by atoms with van der Waals surface area (Å²) in [6.45, 7) is 4.58. The third kappa shape index (κ3) is 3.85. The Morgan fingerprint density at radius 2 is 1.13 bits per heavy atom. The van der Waals surface area contributed by atoms with Crippen molar-refractivity contribution in [2.75, 3.05) is 0 Å². The second-order valence-electron chi connectivity index (χ2n) is 12.9. The molecule has 0 aliphatic heterocycles. The van der Waals surface area contributed by atoms with Gasteiger partial charge in [0.2, 0.25) is 0 Å². The van der Waals surface area contributed by atoms with Gasteiger partial charge in [0, 0.05) is 27.3 Å². The summed E-state index contributed by atoms with van der Waals surface area (Å²) in [5, 5.41) is 3.94. The number of allylic oxidation sites excluding steroid dienone is 1. The number of ketones is 2. The van der Waals surface area contributed by atoms with Crippen molar-refractivity contribution in [2.24, 2.45) is 0 Å². The lowest BCUT2D eigenvalue weighted by Gasteiger charge is -2.36. The molecule has 0 atom stereocenters. The molecule has 46 heavy (non-hydrogen) atoms. The van der Waals surface area contributed by atoms with E-state index in [9.17, 15) is 9.59 Å². The Kier molecular flexibility index (Phi) is 5.55. The lowest BCUT2D eigenvalue weighted by molar-refractivity contribution is 0.0990. The van der Waals surface area contributed by atoms with Crippen LogP contribution in [0, 0.1) is 0 Å². The van der Waals surface area contributed by atoms with E-state index in [4.69, 9.17) is 4.42 Å². The minimum Gasteiger partial charge on any atom is -0.456 e. The highest BCUT2D eigenvalue weighted by Gasteiger charge is 2.36. The topological polar surface area (TPSA) is 47.3 Å². The molecule has 6 aromatic carbocycles. The summed E-state index contributed by atoms with van der Waals surface area (Å²) in [7, 11) is 0. The lowest BCUT2D eigenvalue weighted by Crippen LogP contribution is -2.26. The van der Waals surface area contributed by atoms with Gasteiger partial charge >= 0.3 is 0 Å². The molecule has 0 N–H and O–H groups in total. The van der Waals surface area contributed by atoms with Crippen molar-refractivity contribution in [3.05, 3.63) is 171 Å². The highest BCUT2D eigenvalue weighted by atomic mass is 16.3. The average molecular weight is 593 g/mol. The predicted molar refractivity (Wildman–Crippen MR) is 186 cm³/mol. The van der Waals surface area contributed by atoms with Crippen LogP contribution in [-0.4, -0.2) is 11.6 Å². The number of hydrogen-bond donors (Lipinski definition) is 0. The molecule has 9 rings (SSSR count). The van der Waals surface area contributed by atoms with Gasteiger partial charge < -0.3 is 4.42 Å². The summed E-state index contributed by atoms with van der Waals surface area (Å²) in [5.74, 6) is -0.467. The fourth-order valence-electron chi connectivity index (χ4n) is 7.40. The smallest absolute Gasteiger partial charge is 0.197 e. The molecular weight excluding hydrogens is 564 g/mol. The maximum atomic E-state index is 13.4. The van der Waals surface area contributed by atoms with Crippen LogP contribution in [0.3, 0.4) is 0 Å². The van der Waals surface area contributed by atoms with Crippen molar-refractivity contribution in [2.45, 2.75) is 19.3 Å². The Balaban J connectivity index is 1.18. The van der Waals surface area contributed by atoms with Crippen LogP contribution in [0.1, 0.15) is 67.9 Å². The van der Waals surface area contributed by atoms with E-state index in [1.54, 1.807) is 6.08 Å². The summed E-state index contributed by atoms with van der Waals surface area (Å²) in [4.78, 5) is 26.8. The molecule has 1 aromatic heterocycles. The zero-order valence-corrected chi connectivity index (χ0v) is 25.4. The van der Waals surface area contributed by atoms with Crippen molar-refractivity contribution in [3.63, 3.8) is 0 Å². The van der Waals surface area contributed by atoms with Crippen LogP contribution in [0.4, 0.5) is 0 Å². The van der Waals surface area contributed by atoms with E-state index in [1.807, 2.05) is 60.7 Å². The Bertz CT molecular complexity index is 2470. The first-order chi connectivity index (χ1) is 22.4. The van der Waals surface area contributed by atoms with Crippen LogP contribution in [-0.2, 0) is 5.41 Å². The fourth-order valence-corrected chi connectivity index (χ4v) is 7.40. The average Bonchev–Trinajstić information content (AvgIpc) is 3.54. The van der Waals surface area contributed by atoms with Gasteiger partial charge in [-0.15, -0.1) is 0 Å². The molecule has 2 aliphatic rings. The van der Waals surface area contributed by atoms with Crippen molar-refractivity contribution >= 4 is 62.0 Å². The Labute approximate surface area is 266 Å². The first-order valence-corrected chi connectivity index (χ1v) is 15.6. The number of fused-ring (bicyclic) bond motifs is 7. The van der Waals surface area contributed by atoms with Gasteiger partial charge in [0.05, 0.1) is 5.57 Å². The highest BCUT2D eigenvalue weighted by Crippen LogP contribution is 2.49. The molecule has 0 saturated carbocycles. The van der Waals surface area contributed by atoms with Gasteiger partial charge in [-0.1, -0.05) is 98.8 Å². The fraction of sp³-hybridized carbons (Fsp3) is 0.0698. The van der Waals surface area contributed by atoms with Crippen LogP contribution < -0.4 is 0 Å². The van der Waals surface area contributed by atoms with Gasteiger partial charge in [0.25, 0.3) is 0 Å². The van der Waals surface area contributed by atoms with Crippen molar-refractivity contribution in [3.8, 4) is 0 Å². The quantitative estimate of drug-likeness (QED) is 0.148. The molecule has 0 fully saturated rings. The molecule has 2 aliphatic carbocycles. The van der Waals surface area contributed by atoms with Gasteiger partial charge in [-0.25, -0.2) is 0 Å². The maximum Gasteiger partial charge on any atom is 0.197 e. The summed E-state index contributed by atoms with van der Waals surface area (Å²) < 4.78 is 6.52. The monoisotopic (exact) mass is 592 g/mol. The van der Waals surface area contributed by atoms with Gasteiger partial charge in [-0.05, 0) is 98.3 Å². The molecule has 3 nitrogen and oxygen atoms in total. The zero-order chi connectivity index (χ0) is 31.2. The van der Waals surface area contributed by atoms with Crippen molar-refractivity contribution in [1.82, 2.24) is 0 Å². The minimum atomic E-state index is -0.234. The minimum absolute atomic E-state index is 0.187. The third-order valence-electron chi connectivity index (χ3n) is 9.78. The number of rotatable bonds is 2. The van der Waals surface area contributed by atoms with E-state index in [0.29, 0.717) is 11.1 Å². The summed E-state index contributed by atoms with van der Waals surface area (Å²) >= 11 is 0. The number of carbonyl (C=O) groups is 2. The van der Waals surface area contributed by atoms with E-state index in [0.717, 1.165) is 49.4 Å². The normalized spacial score (nSPS) is 15.9. The largest absolute Gasteiger partial charge is 0.456 e. The van der Waals surface area contributed by atoms with Crippen molar-refractivity contribution < 1.29 is 14.0 Å². The molecule has 0 unspecified atom stereocenters. The van der Waals surface area contributed by atoms with E-state index < -0.39 is 0 Å². The lowest BCUT2D eigenvalue weighted by atomic mass is 9.67. The number of carbonyl (C=O) groups excluding carboxylic acids is 2. The molecule has 0 bridgehead atoms. The molecule has 218 valence electrons. The molecule has 1 heterocycles. The van der Waals surface area contributed by atoms with Gasteiger partial charge in [0.15, 0.2) is 11.6 Å². The number of Topliss-reactive ketones (excluding diaryl/α,β-unsaturated/α-hetero) is 2. The first kappa shape index (κ1) is 26.6. The van der Waals surface area contributed by atoms with Crippen LogP contribution in [0.2, 0.25) is 0 Å². The summed E-state index contributed by atoms with van der Waals surface area (Å²) in [5.41, 5.74) is 10.4. The number of benzene rings is 6. The van der Waals surface area contributed by atoms with Crippen LogP contribution in [0.25, 0.3) is 50.4 Å². The molecule has 0 amide bonds. The van der Waals surface area contributed by atoms with Gasteiger partial charge in [0.1, 0.15) is 11.2 Å². The van der Waals surface area contributed by atoms with Crippen molar-refractivity contribution in [1.29, 1.82) is 0 Å². The first-order valence-electron chi connectivity index (χ1n) is 15.6. The van der Waals surface area contributed by atoms with E-state index in [1.165, 1.54) is 22.3 Å². The molecular formula is C43H28O3. The molecule has 7 aromatic rings. The number of furan rings is 1. The summed E-state index contributed by atoms with van der Waals surface area (Å²) in [6, 6.07) is 41.0. The zero-order valence-electron chi connectivity index (χ0n) is 25.4. The number of hydrogen-bond acceptors (Lipinski definition) is 3.